The Morgan fingerprint density at radius 3 is 1.29 bits per heavy atom. The summed E-state index contributed by atoms with van der Waals surface area (Å²) >= 11 is 3.54. The van der Waals surface area contributed by atoms with Gasteiger partial charge in [0.05, 0.1) is 81.3 Å². The number of benzene rings is 16. The van der Waals surface area contributed by atoms with Gasteiger partial charge in [-0.05, 0) is 153 Å². The summed E-state index contributed by atoms with van der Waals surface area (Å²) in [7, 11) is 0. The molecule has 0 atom stereocenters. The fourth-order valence-electron chi connectivity index (χ4n) is 19.0. The second-order valence-corrected chi connectivity index (χ2v) is 31.6. The van der Waals surface area contributed by atoms with Crippen LogP contribution in [0.2, 0.25) is 0 Å². The Hall–Kier alpha value is -14.2. The van der Waals surface area contributed by atoms with Gasteiger partial charge in [0.2, 0.25) is 0 Å². The van der Waals surface area contributed by atoms with E-state index in [1.807, 2.05) is 0 Å². The van der Waals surface area contributed by atoms with Gasteiger partial charge in [0.15, 0.2) is 17.5 Å². The van der Waals surface area contributed by atoms with Gasteiger partial charge in [-0.3, -0.25) is 4.57 Å². The Morgan fingerprint density at radius 2 is 0.655 bits per heavy atom. The average molecular weight is 1430 g/mol. The van der Waals surface area contributed by atoms with Gasteiger partial charge in [0, 0.05) is 107 Å². The number of hydrogen-bond acceptors (Lipinski definition) is 6. The van der Waals surface area contributed by atoms with Crippen molar-refractivity contribution in [2.24, 2.45) is 0 Å². The summed E-state index contributed by atoms with van der Waals surface area (Å²) in [5, 5.41) is 21.9. The zero-order chi connectivity index (χ0) is 71.3. The van der Waals surface area contributed by atoms with Crippen molar-refractivity contribution in [2.45, 2.75) is 0 Å². The van der Waals surface area contributed by atoms with Crippen molar-refractivity contribution in [3.8, 4) is 67.8 Å². The Morgan fingerprint density at radius 1 is 0.227 bits per heavy atom. The molecule has 0 saturated carbocycles. The third-order valence-electron chi connectivity index (χ3n) is 23.8. The molecule has 0 spiro atoms. The van der Waals surface area contributed by atoms with Crippen LogP contribution in [0.4, 0.5) is 0 Å². The molecule has 26 rings (SSSR count). The van der Waals surface area contributed by atoms with Crippen LogP contribution in [0, 0.1) is 0 Å². The first-order chi connectivity index (χ1) is 54.5. The second kappa shape index (κ2) is 21.8. The summed E-state index contributed by atoms with van der Waals surface area (Å²) in [5.41, 5.74) is 23.3. The minimum absolute atomic E-state index is 0.690. The number of hydrogen-bond donors (Lipinski definition) is 0. The van der Waals surface area contributed by atoms with Crippen LogP contribution in [0.1, 0.15) is 0 Å². The molecule has 0 radical (unpaired) electrons. The van der Waals surface area contributed by atoms with Crippen molar-refractivity contribution in [2.75, 3.05) is 0 Å². The molecule has 0 aliphatic carbocycles. The van der Waals surface area contributed by atoms with Crippen LogP contribution in [-0.4, -0.2) is 37.9 Å². The van der Waals surface area contributed by atoms with Gasteiger partial charge in [-0.25, -0.2) is 19.9 Å². The summed E-state index contributed by atoms with van der Waals surface area (Å²) < 4.78 is 14.5. The maximum absolute atomic E-state index is 5.67. The number of rotatable bonds is 7. The first-order valence-corrected chi connectivity index (χ1v) is 39.0. The van der Waals surface area contributed by atoms with Crippen molar-refractivity contribution >= 4 is 205 Å². The maximum atomic E-state index is 5.67. The fraction of sp³-hybridized carbons (Fsp3) is 0. The van der Waals surface area contributed by atoms with Crippen molar-refractivity contribution < 1.29 is 0 Å². The van der Waals surface area contributed by atoms with Crippen LogP contribution in [0.15, 0.2) is 328 Å². The number of aromatic nitrogens is 8. The van der Waals surface area contributed by atoms with Gasteiger partial charge in [-0.15, -0.1) is 22.7 Å². The molecule has 0 aliphatic rings. The summed E-state index contributed by atoms with van der Waals surface area (Å²) in [4.78, 5) is 22.1. The molecule has 10 heterocycles. The largest absolute Gasteiger partial charge is 0.309 e. The van der Waals surface area contributed by atoms with Crippen molar-refractivity contribution in [1.82, 2.24) is 37.9 Å². The standard InChI is InChI=1S/C100H54N8S2/c1-2-19-57(20-3-1)99-103-93-71-31-12-17-36-86(71)110-97(93)100(104-99)108-82-52-64-24-7-5-22-62(64)49-76(82)88-84(108)54-73-68-28-9-14-33-78(68)107-80-46-43-65(50-74(80)90(88)95(73)107)60-26-18-25-59(47-60)55-37-39-56(40-38-55)91-96-92(70-30-11-16-35-85(70)109-96)102-98(101-91)58-41-44-66(45-42-58)105-81-51-63-23-6-4-21-61(63)48-75(81)87-83(105)53-72-67-27-8-13-32-77(67)106-79-34-15-10-29-69(79)89(87)94(72)106/h1-54H. The van der Waals surface area contributed by atoms with E-state index in [-0.39, 0.29) is 0 Å². The highest BCUT2D eigenvalue weighted by atomic mass is 32.1. The molecule has 506 valence electrons. The second-order valence-electron chi connectivity index (χ2n) is 29.5. The monoisotopic (exact) mass is 1430 g/mol. The van der Waals surface area contributed by atoms with E-state index in [0.29, 0.717) is 11.6 Å². The Labute approximate surface area is 633 Å². The lowest BCUT2D eigenvalue weighted by Crippen LogP contribution is -2.01. The number of nitrogens with zero attached hydrogens (tertiary/aromatic N) is 8. The molecule has 10 heteroatoms. The van der Waals surface area contributed by atoms with E-state index in [9.17, 15) is 0 Å². The number of fused-ring (bicyclic) bond motifs is 28. The third kappa shape index (κ3) is 8.01. The average Bonchev–Trinajstić information content (AvgIpc) is 1.52. The highest BCUT2D eigenvalue weighted by Gasteiger charge is 2.30. The smallest absolute Gasteiger partial charge is 0.162 e. The molecule has 0 aliphatic heterocycles. The van der Waals surface area contributed by atoms with E-state index in [0.717, 1.165) is 98.4 Å². The molecule has 0 bridgehead atoms. The lowest BCUT2D eigenvalue weighted by Gasteiger charge is -2.11. The molecule has 0 amide bonds. The highest BCUT2D eigenvalue weighted by Crippen LogP contribution is 2.52. The van der Waals surface area contributed by atoms with Gasteiger partial charge in [-0.1, -0.05) is 218 Å². The van der Waals surface area contributed by atoms with Crippen molar-refractivity contribution in [1.29, 1.82) is 0 Å². The van der Waals surface area contributed by atoms with Crippen LogP contribution in [0.5, 0.6) is 0 Å². The first kappa shape index (κ1) is 59.0. The highest BCUT2D eigenvalue weighted by molar-refractivity contribution is 7.26. The zero-order valence-corrected chi connectivity index (χ0v) is 60.2. The summed E-state index contributed by atoms with van der Waals surface area (Å²) in [6.07, 6.45) is 0. The fourth-order valence-corrected chi connectivity index (χ4v) is 21.2. The van der Waals surface area contributed by atoms with E-state index < -0.39 is 0 Å². The zero-order valence-electron chi connectivity index (χ0n) is 58.6. The molecule has 26 aromatic rings. The van der Waals surface area contributed by atoms with E-state index >= 15 is 0 Å². The van der Waals surface area contributed by atoms with Crippen molar-refractivity contribution in [3.63, 3.8) is 0 Å². The summed E-state index contributed by atoms with van der Waals surface area (Å²) in [6, 6.07) is 121. The molecule has 0 saturated heterocycles. The Balaban J connectivity index is 0.611. The van der Waals surface area contributed by atoms with Gasteiger partial charge in [-0.2, -0.15) is 0 Å². The van der Waals surface area contributed by atoms with Gasteiger partial charge < -0.3 is 13.4 Å². The van der Waals surface area contributed by atoms with Gasteiger partial charge in [0.1, 0.15) is 0 Å². The topological polar surface area (TPSA) is 70.2 Å². The lowest BCUT2D eigenvalue weighted by atomic mass is 9.96. The van der Waals surface area contributed by atoms with E-state index in [2.05, 4.69) is 346 Å². The van der Waals surface area contributed by atoms with E-state index in [1.165, 1.54) is 140 Å². The van der Waals surface area contributed by atoms with Crippen LogP contribution < -0.4 is 0 Å². The van der Waals surface area contributed by atoms with Gasteiger partial charge in [0.25, 0.3) is 0 Å². The molecule has 0 unspecified atom stereocenters. The minimum Gasteiger partial charge on any atom is -0.309 e. The normalized spacial score (nSPS) is 12.5. The molecule has 0 fully saturated rings. The quantitative estimate of drug-likeness (QED) is 0.159. The minimum atomic E-state index is 0.690. The van der Waals surface area contributed by atoms with E-state index in [4.69, 9.17) is 19.9 Å². The van der Waals surface area contributed by atoms with Crippen LogP contribution in [-0.2, 0) is 0 Å². The predicted octanol–water partition coefficient (Wildman–Crippen LogP) is 27.1. The van der Waals surface area contributed by atoms with Crippen LogP contribution in [0.25, 0.3) is 250 Å². The SMILES string of the molecule is c1ccc(-c2nc(-n3c4cc5ccccc5cc4c4c5c6cc(-c7cccc(-c8ccc(-c9nc(-c%10ccc(-n%11c%12cc%13ccccc%13cc%12c%12c%13c%14ccccc%14n%14c%15ccccc%15c(cc%12%11)c%13%14)cc%10)nc%10c9sc9ccccc9%10)cc8)c7)ccc6n6c7ccccc7c(cc43)c56)c3sc4ccccc4c3n2)cc1. The molecule has 0 N–H and O–H groups in total. The molecular weight excluding hydrogens is 1380 g/mol. The number of thiophene rings is 2. The third-order valence-corrected chi connectivity index (χ3v) is 26.1. The van der Waals surface area contributed by atoms with Crippen LogP contribution >= 0.6 is 22.7 Å². The molecule has 16 aromatic carbocycles. The van der Waals surface area contributed by atoms with Gasteiger partial charge >= 0.3 is 0 Å². The molecule has 110 heavy (non-hydrogen) atoms. The van der Waals surface area contributed by atoms with Crippen LogP contribution in [0.3, 0.4) is 0 Å². The summed E-state index contributed by atoms with van der Waals surface area (Å²) in [5.74, 6) is 2.27. The number of para-hydroxylation sites is 3. The molecule has 8 nitrogen and oxygen atoms in total. The molecular formula is C100H54N8S2. The molecule has 10 aromatic heterocycles. The lowest BCUT2D eigenvalue weighted by molar-refractivity contribution is 1.08. The summed E-state index contributed by atoms with van der Waals surface area (Å²) in [6.45, 7) is 0. The maximum Gasteiger partial charge on any atom is 0.162 e. The predicted molar refractivity (Wildman–Crippen MR) is 464 cm³/mol. The van der Waals surface area contributed by atoms with Crippen molar-refractivity contribution in [3.05, 3.63) is 328 Å². The Bertz CT molecular complexity index is 8530. The Kier molecular flexibility index (Phi) is 11.7. The van der Waals surface area contributed by atoms with E-state index in [1.54, 1.807) is 22.7 Å². The first-order valence-electron chi connectivity index (χ1n) is 37.4.